The van der Waals surface area contributed by atoms with Gasteiger partial charge in [-0.1, -0.05) is 6.92 Å². The van der Waals surface area contributed by atoms with Crippen molar-refractivity contribution >= 4 is 35.1 Å². The monoisotopic (exact) mass is 437 g/mol. The molecule has 2 N–H and O–H groups in total. The molecule has 0 aromatic carbocycles. The van der Waals surface area contributed by atoms with Crippen molar-refractivity contribution in [1.29, 1.82) is 0 Å². The molecule has 4 rings (SSSR count). The van der Waals surface area contributed by atoms with Gasteiger partial charge in [0.1, 0.15) is 5.60 Å². The van der Waals surface area contributed by atoms with Gasteiger partial charge in [-0.15, -0.1) is 22.7 Å². The highest BCUT2D eigenvalue weighted by Gasteiger charge is 2.42. The minimum Gasteiger partial charge on any atom is -0.483 e. The van der Waals surface area contributed by atoms with E-state index in [1.54, 1.807) is 22.7 Å². The predicted molar refractivity (Wildman–Crippen MR) is 114 cm³/mol. The van der Waals surface area contributed by atoms with Gasteiger partial charge >= 0.3 is 0 Å². The molecule has 158 valence electrons. The van der Waals surface area contributed by atoms with E-state index < -0.39 is 0 Å². The molecule has 9 heteroatoms. The van der Waals surface area contributed by atoms with Gasteiger partial charge in [-0.3, -0.25) is 14.5 Å². The molecule has 0 radical (unpaired) electrons. The summed E-state index contributed by atoms with van der Waals surface area (Å²) in [5.74, 6) is 0.0577. The summed E-state index contributed by atoms with van der Waals surface area (Å²) in [5.41, 5.74) is 4.17. The summed E-state index contributed by atoms with van der Waals surface area (Å²) < 4.78 is 6.33. The molecular weight excluding hydrogens is 410 g/mol. The third kappa shape index (κ3) is 5.22. The molecule has 0 bridgehead atoms. The summed E-state index contributed by atoms with van der Waals surface area (Å²) in [6, 6.07) is 2.09. The van der Waals surface area contributed by atoms with E-state index in [0.717, 1.165) is 69.0 Å². The Morgan fingerprint density at radius 2 is 2.21 bits per heavy atom. The van der Waals surface area contributed by atoms with Gasteiger partial charge in [-0.2, -0.15) is 0 Å². The second-order valence-electron chi connectivity index (χ2n) is 7.18. The van der Waals surface area contributed by atoms with Gasteiger partial charge in [-0.25, -0.2) is 4.98 Å². The number of aromatic nitrogens is 1. The van der Waals surface area contributed by atoms with E-state index in [1.807, 2.05) is 5.51 Å². The normalized spacial score (nSPS) is 17.8. The maximum Gasteiger partial charge on any atom is 0.290 e. The zero-order valence-electron chi connectivity index (χ0n) is 16.6. The van der Waals surface area contributed by atoms with Crippen LogP contribution in [-0.2, 0) is 28.1 Å². The Bertz CT molecular complexity index is 799. The molecule has 0 aliphatic carbocycles. The van der Waals surface area contributed by atoms with Crippen LogP contribution >= 0.6 is 22.7 Å². The Morgan fingerprint density at radius 1 is 1.45 bits per heavy atom. The lowest BCUT2D eigenvalue weighted by atomic mass is 9.85. The lowest BCUT2D eigenvalue weighted by molar-refractivity contribution is -0.122. The quantitative estimate of drug-likeness (QED) is 0.699. The van der Waals surface area contributed by atoms with Crippen LogP contribution in [0.25, 0.3) is 0 Å². The van der Waals surface area contributed by atoms with E-state index >= 15 is 0 Å². The average Bonchev–Trinajstić information content (AvgIpc) is 3.39. The number of thiazole rings is 1. The number of rotatable bonds is 5. The molecule has 0 atom stereocenters. The SMILES string of the molecule is CCCNC(=O)c1cc2c(s1)C1(CCN(Cc3cscn3)CC1)OCC2.O=CO. The molecule has 2 aromatic rings. The molecule has 4 heterocycles. The van der Waals surface area contributed by atoms with Gasteiger partial charge in [0.05, 0.1) is 22.7 Å². The van der Waals surface area contributed by atoms with Gasteiger partial charge in [0.15, 0.2) is 0 Å². The number of likely N-dealkylation sites (tertiary alicyclic amines) is 1. The highest BCUT2D eigenvalue weighted by atomic mass is 32.1. The van der Waals surface area contributed by atoms with E-state index in [2.05, 4.69) is 33.6 Å². The Labute approximate surface area is 178 Å². The van der Waals surface area contributed by atoms with Gasteiger partial charge in [0.2, 0.25) is 0 Å². The molecule has 1 spiro atoms. The van der Waals surface area contributed by atoms with Crippen LogP contribution in [0.4, 0.5) is 0 Å². The Balaban J connectivity index is 0.000000755. The molecule has 1 fully saturated rings. The molecule has 2 aliphatic heterocycles. The fourth-order valence-electron chi connectivity index (χ4n) is 3.85. The maximum atomic E-state index is 12.4. The molecule has 29 heavy (non-hydrogen) atoms. The minimum absolute atomic E-state index is 0.0577. The number of ether oxygens (including phenoxy) is 1. The topological polar surface area (TPSA) is 91.8 Å². The molecule has 0 saturated carbocycles. The summed E-state index contributed by atoms with van der Waals surface area (Å²) in [6.07, 6.45) is 3.84. The summed E-state index contributed by atoms with van der Waals surface area (Å²) in [6.45, 7) is 6.24. The lowest BCUT2D eigenvalue weighted by Gasteiger charge is -2.43. The molecule has 7 nitrogen and oxygen atoms in total. The number of nitrogens with zero attached hydrogens (tertiary/aromatic N) is 2. The number of thiophene rings is 1. The third-order valence-electron chi connectivity index (χ3n) is 5.26. The first kappa shape index (κ1) is 21.9. The van der Waals surface area contributed by atoms with Gasteiger partial charge in [0, 0.05) is 36.4 Å². The summed E-state index contributed by atoms with van der Waals surface area (Å²) >= 11 is 3.29. The molecular formula is C20H27N3O4S2. The van der Waals surface area contributed by atoms with Crippen LogP contribution in [0.1, 0.15) is 52.0 Å². The first-order chi connectivity index (χ1) is 14.1. The first-order valence-electron chi connectivity index (χ1n) is 9.84. The van der Waals surface area contributed by atoms with Crippen molar-refractivity contribution in [3.8, 4) is 0 Å². The Morgan fingerprint density at radius 3 is 2.86 bits per heavy atom. The predicted octanol–water partition coefficient (Wildman–Crippen LogP) is 3.11. The summed E-state index contributed by atoms with van der Waals surface area (Å²) in [5, 5.41) is 12.0. The standard InChI is InChI=1S/C19H25N3O2S2.CH2O2/c1-2-6-20-18(23)16-10-14-3-9-24-19(17(14)26-16)4-7-22(8-5-19)11-15-12-25-13-21-15;2-1-3/h10,12-13H,2-9,11H2,1H3,(H,20,23);1H,(H,2,3). The van der Waals surface area contributed by atoms with Crippen molar-refractivity contribution in [3.05, 3.63) is 38.0 Å². The van der Waals surface area contributed by atoms with Crippen LogP contribution in [0.2, 0.25) is 0 Å². The number of carbonyl (C=O) groups is 2. The highest BCUT2D eigenvalue weighted by molar-refractivity contribution is 7.14. The molecule has 1 amide bonds. The van der Waals surface area contributed by atoms with Crippen molar-refractivity contribution < 1.29 is 19.4 Å². The van der Waals surface area contributed by atoms with E-state index in [9.17, 15) is 4.79 Å². The third-order valence-corrected chi connectivity index (χ3v) is 7.26. The second-order valence-corrected chi connectivity index (χ2v) is 8.95. The molecule has 0 unspecified atom stereocenters. The largest absolute Gasteiger partial charge is 0.483 e. The van der Waals surface area contributed by atoms with E-state index in [0.29, 0.717) is 0 Å². The lowest BCUT2D eigenvalue weighted by Crippen LogP contribution is -2.45. The van der Waals surface area contributed by atoms with Crippen molar-refractivity contribution in [3.63, 3.8) is 0 Å². The smallest absolute Gasteiger partial charge is 0.290 e. The summed E-state index contributed by atoms with van der Waals surface area (Å²) in [4.78, 5) is 29.7. The van der Waals surface area contributed by atoms with Gasteiger partial charge in [0.25, 0.3) is 12.4 Å². The van der Waals surface area contributed by atoms with E-state index in [4.69, 9.17) is 14.6 Å². The molecule has 1 saturated heterocycles. The molecule has 2 aromatic heterocycles. The van der Waals surface area contributed by atoms with Crippen molar-refractivity contribution in [2.24, 2.45) is 0 Å². The van der Waals surface area contributed by atoms with Crippen molar-refractivity contribution in [2.45, 2.75) is 44.8 Å². The van der Waals surface area contributed by atoms with Crippen molar-refractivity contribution in [1.82, 2.24) is 15.2 Å². The minimum atomic E-state index is -0.250. The zero-order valence-corrected chi connectivity index (χ0v) is 18.2. The fourth-order valence-corrected chi connectivity index (χ4v) is 5.72. The van der Waals surface area contributed by atoms with Gasteiger partial charge < -0.3 is 15.2 Å². The Kier molecular flexibility index (Phi) is 7.77. The first-order valence-corrected chi connectivity index (χ1v) is 11.6. The number of hydrogen-bond acceptors (Lipinski definition) is 7. The van der Waals surface area contributed by atoms with Gasteiger partial charge in [-0.05, 0) is 37.3 Å². The molecule has 2 aliphatic rings. The highest BCUT2D eigenvalue weighted by Crippen LogP contribution is 2.45. The van der Waals surface area contributed by atoms with E-state index in [1.165, 1.54) is 10.4 Å². The van der Waals surface area contributed by atoms with Crippen LogP contribution in [0, 0.1) is 0 Å². The maximum absolute atomic E-state index is 12.4. The summed E-state index contributed by atoms with van der Waals surface area (Å²) in [7, 11) is 0. The number of amides is 1. The number of fused-ring (bicyclic) bond motifs is 2. The van der Waals surface area contributed by atoms with Crippen LogP contribution in [0.5, 0.6) is 0 Å². The Hall–Kier alpha value is -1.81. The average molecular weight is 438 g/mol. The number of hydrogen-bond donors (Lipinski definition) is 2. The van der Waals surface area contributed by atoms with Crippen LogP contribution in [-0.4, -0.2) is 53.6 Å². The number of carbonyl (C=O) groups excluding carboxylic acids is 1. The van der Waals surface area contributed by atoms with E-state index in [-0.39, 0.29) is 18.0 Å². The van der Waals surface area contributed by atoms with Crippen LogP contribution < -0.4 is 5.32 Å². The van der Waals surface area contributed by atoms with Crippen LogP contribution in [0.3, 0.4) is 0 Å². The second kappa shape index (κ2) is 10.3. The van der Waals surface area contributed by atoms with Crippen molar-refractivity contribution in [2.75, 3.05) is 26.2 Å². The number of piperidine rings is 1. The van der Waals surface area contributed by atoms with Crippen LogP contribution in [0.15, 0.2) is 17.0 Å². The number of nitrogens with one attached hydrogen (secondary N) is 1. The number of carboxylic acid groups (broad SMARTS) is 1. The fraction of sp³-hybridized carbons (Fsp3) is 0.550. The zero-order chi connectivity index (χ0) is 20.7.